The quantitative estimate of drug-likeness (QED) is 0.205. The van der Waals surface area contributed by atoms with Gasteiger partial charge in [0.2, 0.25) is 0 Å². The lowest BCUT2D eigenvalue weighted by molar-refractivity contribution is -0.404. The maximum atomic E-state index is 13.7. The second kappa shape index (κ2) is 16.8. The number of hydrogen-bond acceptors (Lipinski definition) is 13. The van der Waals surface area contributed by atoms with E-state index >= 15 is 0 Å². The van der Waals surface area contributed by atoms with Crippen molar-refractivity contribution in [2.75, 3.05) is 26.9 Å². The molecular weight excluding hydrogens is 676 g/mol. The molecule has 0 saturated carbocycles. The maximum Gasteiger partial charge on any atom is 0.338 e. The Kier molecular flexibility index (Phi) is 11.7. The Hall–Kier alpha value is -4.02. The molecule has 0 radical (unpaired) electrons. The second-order valence-corrected chi connectivity index (χ2v) is 12.7. The van der Waals surface area contributed by atoms with Crippen molar-refractivity contribution in [3.63, 3.8) is 0 Å². The normalized spacial score (nSPS) is 34.3. The molecule has 13 heteroatoms. The van der Waals surface area contributed by atoms with Crippen molar-refractivity contribution in [1.29, 1.82) is 0 Å². The van der Waals surface area contributed by atoms with E-state index in [-0.39, 0.29) is 19.8 Å². The molecule has 276 valence electrons. The minimum absolute atomic E-state index is 0.107. The van der Waals surface area contributed by atoms with E-state index in [1.807, 2.05) is 60.7 Å². The van der Waals surface area contributed by atoms with Crippen LogP contribution in [0.25, 0.3) is 0 Å². The van der Waals surface area contributed by atoms with Crippen LogP contribution in [0.4, 0.5) is 0 Å². The smallest absolute Gasteiger partial charge is 0.338 e. The van der Waals surface area contributed by atoms with Crippen LogP contribution in [0.1, 0.15) is 41.0 Å². The molecule has 0 aromatic heterocycles. The van der Waals surface area contributed by atoms with Gasteiger partial charge in [-0.3, -0.25) is 4.79 Å². The lowest BCUT2D eigenvalue weighted by atomic mass is 9.95. The summed E-state index contributed by atoms with van der Waals surface area (Å²) in [5, 5.41) is 0. The van der Waals surface area contributed by atoms with Crippen molar-refractivity contribution in [2.24, 2.45) is 0 Å². The van der Waals surface area contributed by atoms with E-state index in [4.69, 9.17) is 52.1 Å². The number of esters is 2. The van der Waals surface area contributed by atoms with Crippen molar-refractivity contribution in [2.45, 2.75) is 80.9 Å². The Balaban J connectivity index is 1.21. The van der Waals surface area contributed by atoms with E-state index in [0.717, 1.165) is 11.1 Å². The second-order valence-electron chi connectivity index (χ2n) is 12.7. The Bertz CT molecular complexity index is 1620. The zero-order valence-corrected chi connectivity index (χ0v) is 28.8. The van der Waals surface area contributed by atoms with Gasteiger partial charge in [-0.15, -0.1) is 6.58 Å². The Morgan fingerprint density at radius 3 is 1.77 bits per heavy atom. The fraction of sp³-hybridized carbons (Fsp3) is 0.436. The summed E-state index contributed by atoms with van der Waals surface area (Å²) in [7, 11) is 1.44. The van der Waals surface area contributed by atoms with Crippen molar-refractivity contribution >= 4 is 11.9 Å². The van der Waals surface area contributed by atoms with Crippen molar-refractivity contribution < 1.29 is 61.7 Å². The molecule has 12 atom stereocenters. The third-order valence-electron chi connectivity index (χ3n) is 9.20. The lowest BCUT2D eigenvalue weighted by Gasteiger charge is -2.51. The predicted molar refractivity (Wildman–Crippen MR) is 180 cm³/mol. The molecule has 52 heavy (non-hydrogen) atoms. The molecule has 0 aliphatic carbocycles. The number of methoxy groups -OCH3 is 1. The maximum absolute atomic E-state index is 13.7. The first kappa shape index (κ1) is 36.3. The van der Waals surface area contributed by atoms with Gasteiger partial charge in [0, 0.05) is 25.2 Å². The van der Waals surface area contributed by atoms with E-state index in [1.165, 1.54) is 14.0 Å². The summed E-state index contributed by atoms with van der Waals surface area (Å²) in [5.74, 6) is -1.22. The summed E-state index contributed by atoms with van der Waals surface area (Å²) in [6, 6.07) is 27.4. The van der Waals surface area contributed by atoms with Crippen LogP contribution in [-0.2, 0) is 56.9 Å². The number of rotatable bonds is 11. The summed E-state index contributed by atoms with van der Waals surface area (Å²) < 4.78 is 68.7. The molecule has 4 heterocycles. The van der Waals surface area contributed by atoms with Crippen LogP contribution in [0.2, 0.25) is 0 Å². The first-order chi connectivity index (χ1) is 25.4. The van der Waals surface area contributed by atoms with Gasteiger partial charge < -0.3 is 52.1 Å². The molecule has 0 spiro atoms. The van der Waals surface area contributed by atoms with Crippen molar-refractivity contribution in [3.05, 3.63) is 120 Å². The lowest BCUT2D eigenvalue weighted by Crippen LogP contribution is -2.68. The Labute approximate surface area is 301 Å². The predicted octanol–water partition coefficient (Wildman–Crippen LogP) is 4.42. The highest BCUT2D eigenvalue weighted by Crippen LogP contribution is 2.41. The minimum atomic E-state index is -1.29. The summed E-state index contributed by atoms with van der Waals surface area (Å²) in [4.78, 5) is 26.3. The summed E-state index contributed by atoms with van der Waals surface area (Å²) in [6.45, 7) is 5.41. The van der Waals surface area contributed by atoms with Gasteiger partial charge in [0.25, 0.3) is 0 Å². The van der Waals surface area contributed by atoms with Crippen LogP contribution in [0.15, 0.2) is 104 Å². The monoisotopic (exact) mass is 718 g/mol. The standard InChI is InChI=1S/C39H42O13/c1-4-20-43-31-29-27(21-44-36(50-29)25-16-10-6-11-17-25)48-39(33(31)46-23(2)40)52-34-32(49-35(41)24-14-8-5-9-15-24)30-28(47-38(34)42-3)22-45-37(51-30)26-18-12-7-13-19-26/h4-19,27-34,36-39H,1,20-22H2,2-3H3/t27-,28-,29+,30-,31+,32+,33-,34-,36?,37?,38-,39-/m1/s1. The fourth-order valence-corrected chi connectivity index (χ4v) is 6.84. The number of hydrogen-bond donors (Lipinski definition) is 0. The van der Waals surface area contributed by atoms with E-state index in [9.17, 15) is 9.59 Å². The largest absolute Gasteiger partial charge is 0.454 e. The molecule has 0 N–H and O–H groups in total. The van der Waals surface area contributed by atoms with Crippen LogP contribution in [0.5, 0.6) is 0 Å². The van der Waals surface area contributed by atoms with Crippen LogP contribution < -0.4 is 0 Å². The van der Waals surface area contributed by atoms with Crippen LogP contribution in [-0.4, -0.2) is 100 Å². The van der Waals surface area contributed by atoms with Gasteiger partial charge >= 0.3 is 11.9 Å². The molecule has 4 aliphatic heterocycles. The van der Waals surface area contributed by atoms with E-state index in [0.29, 0.717) is 5.56 Å². The summed E-state index contributed by atoms with van der Waals surface area (Å²) in [6.07, 6.45) is -9.61. The van der Waals surface area contributed by atoms with Crippen molar-refractivity contribution in [3.8, 4) is 0 Å². The zero-order valence-electron chi connectivity index (χ0n) is 28.8. The molecule has 2 unspecified atom stereocenters. The third-order valence-corrected chi connectivity index (χ3v) is 9.20. The number of carbonyl (C=O) groups excluding carboxylic acids is 2. The number of carbonyl (C=O) groups is 2. The van der Waals surface area contributed by atoms with Gasteiger partial charge in [0.15, 0.2) is 43.5 Å². The highest BCUT2D eigenvalue weighted by molar-refractivity contribution is 5.89. The zero-order chi connectivity index (χ0) is 36.0. The third kappa shape index (κ3) is 7.98. The van der Waals surface area contributed by atoms with Crippen LogP contribution in [0, 0.1) is 0 Å². The van der Waals surface area contributed by atoms with Gasteiger partial charge in [-0.25, -0.2) is 4.79 Å². The molecule has 4 fully saturated rings. The summed E-state index contributed by atoms with van der Waals surface area (Å²) in [5.41, 5.74) is 1.89. The Morgan fingerprint density at radius 1 is 0.692 bits per heavy atom. The highest BCUT2D eigenvalue weighted by Gasteiger charge is 2.58. The fourth-order valence-electron chi connectivity index (χ4n) is 6.84. The molecule has 0 amide bonds. The molecule has 13 nitrogen and oxygen atoms in total. The molecule has 4 aliphatic rings. The Morgan fingerprint density at radius 2 is 1.23 bits per heavy atom. The number of ether oxygens (including phenoxy) is 11. The minimum Gasteiger partial charge on any atom is -0.454 e. The average Bonchev–Trinajstić information content (AvgIpc) is 3.18. The molecule has 3 aromatic carbocycles. The first-order valence-corrected chi connectivity index (χ1v) is 17.2. The SMILES string of the molecule is C=CCO[C@H]1[C@H]2OC(c3ccccc3)OC[C@H]2O[C@H](O[C@H]2[C@H](OC)O[C@@H]3COC(c4ccccc4)O[C@H]3[C@@H]2OC(=O)c2ccccc2)[C@@H]1OC(C)=O. The molecule has 7 rings (SSSR count). The number of fused-ring (bicyclic) bond motifs is 2. The molecule has 4 saturated heterocycles. The molecule has 0 bridgehead atoms. The number of benzene rings is 3. The van der Waals surface area contributed by atoms with E-state index in [2.05, 4.69) is 6.58 Å². The van der Waals surface area contributed by atoms with Crippen LogP contribution in [0.3, 0.4) is 0 Å². The van der Waals surface area contributed by atoms with Crippen molar-refractivity contribution in [1.82, 2.24) is 0 Å². The van der Waals surface area contributed by atoms with Gasteiger partial charge in [0.05, 0.1) is 25.4 Å². The van der Waals surface area contributed by atoms with Gasteiger partial charge in [-0.1, -0.05) is 84.9 Å². The van der Waals surface area contributed by atoms with Gasteiger partial charge in [-0.05, 0) is 12.1 Å². The summed E-state index contributed by atoms with van der Waals surface area (Å²) >= 11 is 0. The molecule has 3 aromatic rings. The van der Waals surface area contributed by atoms with E-state index in [1.54, 1.807) is 36.4 Å². The van der Waals surface area contributed by atoms with Crippen LogP contribution >= 0.6 is 0 Å². The highest BCUT2D eigenvalue weighted by atomic mass is 16.8. The van der Waals surface area contributed by atoms with Gasteiger partial charge in [-0.2, -0.15) is 0 Å². The average molecular weight is 719 g/mol. The van der Waals surface area contributed by atoms with Gasteiger partial charge in [0.1, 0.15) is 30.5 Å². The molecular formula is C39H42O13. The first-order valence-electron chi connectivity index (χ1n) is 17.2. The van der Waals surface area contributed by atoms with E-state index < -0.39 is 85.9 Å². The topological polar surface area (TPSA) is 136 Å².